The van der Waals surface area contributed by atoms with Gasteiger partial charge in [-0.3, -0.25) is 4.79 Å². The number of carbonyl (C=O) groups is 1. The van der Waals surface area contributed by atoms with Crippen LogP contribution in [-0.4, -0.2) is 30.0 Å². The van der Waals surface area contributed by atoms with Crippen molar-refractivity contribution in [1.29, 1.82) is 0 Å². The van der Waals surface area contributed by atoms with E-state index in [4.69, 9.17) is 5.73 Å². The Balaban J connectivity index is 3.99. The first-order chi connectivity index (χ1) is 7.80. The first-order valence-electron chi connectivity index (χ1n) is 6.32. The smallest absolute Gasteiger partial charge is 0.220 e. The highest BCUT2D eigenvalue weighted by molar-refractivity contribution is 7.99. The molecule has 0 saturated heterocycles. The standard InChI is InChI=1S/C13H28N2OS/c1-10(2)6-11(8-14)7-12(16)15-9-13(3,4)17-5/h10-11H,6-9,14H2,1-5H3,(H,15,16). The summed E-state index contributed by atoms with van der Waals surface area (Å²) in [5.74, 6) is 1.04. The minimum absolute atomic E-state index is 0.103. The molecule has 0 saturated carbocycles. The van der Waals surface area contributed by atoms with E-state index in [1.165, 1.54) is 0 Å². The van der Waals surface area contributed by atoms with Gasteiger partial charge in [0.1, 0.15) is 0 Å². The zero-order valence-electron chi connectivity index (χ0n) is 11.9. The maximum absolute atomic E-state index is 11.8. The molecule has 3 N–H and O–H groups in total. The van der Waals surface area contributed by atoms with Gasteiger partial charge in [0.05, 0.1) is 0 Å². The molecule has 0 rings (SSSR count). The van der Waals surface area contributed by atoms with E-state index < -0.39 is 0 Å². The van der Waals surface area contributed by atoms with E-state index >= 15 is 0 Å². The van der Waals surface area contributed by atoms with Crippen LogP contribution in [-0.2, 0) is 4.79 Å². The summed E-state index contributed by atoms with van der Waals surface area (Å²) < 4.78 is 0.103. The van der Waals surface area contributed by atoms with Crippen molar-refractivity contribution in [1.82, 2.24) is 5.32 Å². The van der Waals surface area contributed by atoms with Gasteiger partial charge in [-0.2, -0.15) is 11.8 Å². The summed E-state index contributed by atoms with van der Waals surface area (Å²) in [7, 11) is 0. The zero-order valence-corrected chi connectivity index (χ0v) is 12.7. The zero-order chi connectivity index (χ0) is 13.5. The molecule has 0 radical (unpaired) electrons. The van der Waals surface area contributed by atoms with Crippen LogP contribution < -0.4 is 11.1 Å². The van der Waals surface area contributed by atoms with Crippen LogP contribution in [0, 0.1) is 11.8 Å². The molecule has 0 bridgehead atoms. The number of nitrogens with two attached hydrogens (primary N) is 1. The SMILES string of the molecule is CSC(C)(C)CNC(=O)CC(CN)CC(C)C. The lowest BCUT2D eigenvalue weighted by atomic mass is 9.94. The summed E-state index contributed by atoms with van der Waals surface area (Å²) in [4.78, 5) is 11.8. The van der Waals surface area contributed by atoms with Gasteiger partial charge in [-0.1, -0.05) is 13.8 Å². The third-order valence-corrected chi connectivity index (χ3v) is 4.13. The topological polar surface area (TPSA) is 55.1 Å². The molecule has 0 fully saturated rings. The molecule has 1 amide bonds. The highest BCUT2D eigenvalue weighted by Gasteiger charge is 2.19. The molecule has 1 atom stereocenters. The normalized spacial score (nSPS) is 13.8. The summed E-state index contributed by atoms with van der Waals surface area (Å²) in [5, 5.41) is 3.00. The third kappa shape index (κ3) is 8.50. The van der Waals surface area contributed by atoms with E-state index in [-0.39, 0.29) is 10.7 Å². The van der Waals surface area contributed by atoms with Gasteiger partial charge in [0, 0.05) is 17.7 Å². The van der Waals surface area contributed by atoms with E-state index in [0.29, 0.717) is 31.3 Å². The van der Waals surface area contributed by atoms with Crippen LogP contribution in [0.3, 0.4) is 0 Å². The molecular formula is C13H28N2OS. The van der Waals surface area contributed by atoms with Gasteiger partial charge in [0.25, 0.3) is 0 Å². The fraction of sp³-hybridized carbons (Fsp3) is 0.923. The van der Waals surface area contributed by atoms with Gasteiger partial charge in [0.15, 0.2) is 0 Å². The van der Waals surface area contributed by atoms with Crippen molar-refractivity contribution in [2.75, 3.05) is 19.3 Å². The third-order valence-electron chi connectivity index (χ3n) is 2.88. The van der Waals surface area contributed by atoms with Crippen LogP contribution in [0.15, 0.2) is 0 Å². The van der Waals surface area contributed by atoms with Crippen LogP contribution in [0.25, 0.3) is 0 Å². The molecule has 0 aliphatic rings. The van der Waals surface area contributed by atoms with Crippen molar-refractivity contribution in [3.05, 3.63) is 0 Å². The molecule has 0 aromatic rings. The first kappa shape index (κ1) is 16.8. The van der Waals surface area contributed by atoms with E-state index in [9.17, 15) is 4.79 Å². The number of amides is 1. The number of carbonyl (C=O) groups excluding carboxylic acids is 1. The monoisotopic (exact) mass is 260 g/mol. The number of thioether (sulfide) groups is 1. The average Bonchev–Trinajstić information content (AvgIpc) is 2.25. The Labute approximate surface area is 110 Å². The van der Waals surface area contributed by atoms with Crippen LogP contribution in [0.2, 0.25) is 0 Å². The van der Waals surface area contributed by atoms with E-state index in [1.54, 1.807) is 11.8 Å². The van der Waals surface area contributed by atoms with Gasteiger partial charge in [-0.15, -0.1) is 0 Å². The summed E-state index contributed by atoms with van der Waals surface area (Å²) in [6.45, 7) is 9.90. The molecule has 17 heavy (non-hydrogen) atoms. The predicted molar refractivity (Wildman–Crippen MR) is 77.2 cm³/mol. The molecular weight excluding hydrogens is 232 g/mol. The van der Waals surface area contributed by atoms with E-state index in [1.807, 2.05) is 0 Å². The summed E-state index contributed by atoms with van der Waals surface area (Å²) >= 11 is 1.76. The Bertz CT molecular complexity index is 229. The Morgan fingerprint density at radius 1 is 1.41 bits per heavy atom. The quantitative estimate of drug-likeness (QED) is 0.704. The molecule has 102 valence electrons. The Hall–Kier alpha value is -0.220. The van der Waals surface area contributed by atoms with Gasteiger partial charge < -0.3 is 11.1 Å². The van der Waals surface area contributed by atoms with Crippen LogP contribution in [0.5, 0.6) is 0 Å². The second-order valence-corrected chi connectivity index (χ2v) is 7.19. The number of nitrogens with one attached hydrogen (secondary N) is 1. The molecule has 1 unspecified atom stereocenters. The second-order valence-electron chi connectivity index (χ2n) is 5.68. The highest BCUT2D eigenvalue weighted by atomic mass is 32.2. The van der Waals surface area contributed by atoms with Crippen molar-refractivity contribution in [2.24, 2.45) is 17.6 Å². The van der Waals surface area contributed by atoms with Crippen molar-refractivity contribution in [3.63, 3.8) is 0 Å². The minimum Gasteiger partial charge on any atom is -0.355 e. The Morgan fingerprint density at radius 2 is 2.00 bits per heavy atom. The van der Waals surface area contributed by atoms with E-state index in [0.717, 1.165) is 6.42 Å². The fourth-order valence-electron chi connectivity index (χ4n) is 1.65. The van der Waals surface area contributed by atoms with E-state index in [2.05, 4.69) is 39.3 Å². The number of rotatable bonds is 8. The van der Waals surface area contributed by atoms with Crippen molar-refractivity contribution < 1.29 is 4.79 Å². The number of hydrogen-bond acceptors (Lipinski definition) is 3. The van der Waals surface area contributed by atoms with Crippen LogP contribution >= 0.6 is 11.8 Å². The van der Waals surface area contributed by atoms with Gasteiger partial charge >= 0.3 is 0 Å². The van der Waals surface area contributed by atoms with Crippen LogP contribution in [0.1, 0.15) is 40.5 Å². The van der Waals surface area contributed by atoms with Gasteiger partial charge in [-0.05, 0) is 44.9 Å². The molecule has 0 spiro atoms. The molecule has 3 nitrogen and oxygen atoms in total. The lowest BCUT2D eigenvalue weighted by Crippen LogP contribution is -2.37. The average molecular weight is 260 g/mol. The molecule has 0 aromatic heterocycles. The summed E-state index contributed by atoms with van der Waals surface area (Å²) in [6, 6.07) is 0. The maximum atomic E-state index is 11.8. The number of hydrogen-bond donors (Lipinski definition) is 2. The second kappa shape index (κ2) is 7.98. The molecule has 0 aliphatic heterocycles. The minimum atomic E-state index is 0.103. The van der Waals surface area contributed by atoms with Crippen LogP contribution in [0.4, 0.5) is 0 Å². The summed E-state index contributed by atoms with van der Waals surface area (Å²) in [5.41, 5.74) is 5.69. The first-order valence-corrected chi connectivity index (χ1v) is 7.55. The Morgan fingerprint density at radius 3 is 2.41 bits per heavy atom. The van der Waals surface area contributed by atoms with Crippen molar-refractivity contribution >= 4 is 17.7 Å². The molecule has 4 heteroatoms. The summed E-state index contributed by atoms with van der Waals surface area (Å²) in [6.07, 6.45) is 3.64. The van der Waals surface area contributed by atoms with Crippen molar-refractivity contribution in [2.45, 2.75) is 45.3 Å². The lowest BCUT2D eigenvalue weighted by molar-refractivity contribution is -0.122. The van der Waals surface area contributed by atoms with Gasteiger partial charge in [0.2, 0.25) is 5.91 Å². The van der Waals surface area contributed by atoms with Crippen molar-refractivity contribution in [3.8, 4) is 0 Å². The maximum Gasteiger partial charge on any atom is 0.220 e. The molecule has 0 heterocycles. The molecule has 0 aromatic carbocycles. The lowest BCUT2D eigenvalue weighted by Gasteiger charge is -2.23. The largest absolute Gasteiger partial charge is 0.355 e. The highest BCUT2D eigenvalue weighted by Crippen LogP contribution is 2.20. The molecule has 0 aliphatic carbocycles. The predicted octanol–water partition coefficient (Wildman–Crippen LogP) is 2.26. The Kier molecular flexibility index (Phi) is 7.88. The van der Waals surface area contributed by atoms with Gasteiger partial charge in [-0.25, -0.2) is 0 Å². The fourth-order valence-corrected chi connectivity index (χ4v) is 1.86.